The van der Waals surface area contributed by atoms with Gasteiger partial charge in [0, 0.05) is 37.4 Å². The number of anilines is 1. The first-order chi connectivity index (χ1) is 18.4. The van der Waals surface area contributed by atoms with Crippen molar-refractivity contribution in [3.05, 3.63) is 131 Å². The Bertz CT molecular complexity index is 1450. The van der Waals surface area contributed by atoms with E-state index in [0.717, 1.165) is 0 Å². The van der Waals surface area contributed by atoms with Crippen molar-refractivity contribution >= 4 is 33.2 Å². The Morgan fingerprint density at radius 3 is 1.82 bits per heavy atom. The maximum Gasteiger partial charge on any atom is 0.263 e. The molecule has 0 spiro atoms. The maximum atomic E-state index is 13.4. The van der Waals surface area contributed by atoms with Crippen LogP contribution in [0.2, 0.25) is 5.02 Å². The molecule has 1 aliphatic rings. The van der Waals surface area contributed by atoms with Crippen LogP contribution in [0.15, 0.2) is 114 Å². The second-order valence-corrected chi connectivity index (χ2v) is 11.2. The zero-order chi connectivity index (χ0) is 26.5. The van der Waals surface area contributed by atoms with Crippen LogP contribution in [0.25, 0.3) is 0 Å². The molecule has 1 fully saturated rings. The third-order valence-electron chi connectivity index (χ3n) is 6.69. The minimum Gasteiger partial charge on any atom is -0.336 e. The van der Waals surface area contributed by atoms with E-state index in [1.54, 1.807) is 41.3 Å². The van der Waals surface area contributed by atoms with Gasteiger partial charge in [0.2, 0.25) is 0 Å². The maximum absolute atomic E-state index is 13.4. The fraction of sp³-hybridized carbons (Fsp3) is 0.167. The average molecular weight is 546 g/mol. The van der Waals surface area contributed by atoms with Gasteiger partial charge in [-0.25, -0.2) is 8.42 Å². The highest BCUT2D eigenvalue weighted by atomic mass is 35.5. The van der Waals surface area contributed by atoms with Gasteiger partial charge in [-0.3, -0.25) is 14.4 Å². The summed E-state index contributed by atoms with van der Waals surface area (Å²) in [5.74, 6) is -0.214. The van der Waals surface area contributed by atoms with Gasteiger partial charge in [-0.05, 0) is 41.5 Å². The number of carbonyl (C=O) groups is 1. The highest BCUT2D eigenvalue weighted by Gasteiger charge is 2.29. The Morgan fingerprint density at radius 1 is 0.737 bits per heavy atom. The Hall–Kier alpha value is -3.65. The molecule has 38 heavy (non-hydrogen) atoms. The number of nitrogens with one attached hydrogen (secondary N) is 1. The number of piperazine rings is 1. The van der Waals surface area contributed by atoms with E-state index in [1.807, 2.05) is 36.4 Å². The van der Waals surface area contributed by atoms with E-state index in [4.69, 9.17) is 11.6 Å². The molecule has 1 saturated heterocycles. The van der Waals surface area contributed by atoms with E-state index in [-0.39, 0.29) is 21.9 Å². The first-order valence-electron chi connectivity index (χ1n) is 12.4. The van der Waals surface area contributed by atoms with Gasteiger partial charge in [-0.1, -0.05) is 90.5 Å². The Morgan fingerprint density at radius 2 is 1.26 bits per heavy atom. The van der Waals surface area contributed by atoms with E-state index in [2.05, 4.69) is 33.9 Å². The molecule has 0 bridgehead atoms. The van der Waals surface area contributed by atoms with E-state index < -0.39 is 10.0 Å². The van der Waals surface area contributed by atoms with Crippen LogP contribution in [0, 0.1) is 0 Å². The molecule has 0 saturated carbocycles. The topological polar surface area (TPSA) is 69.7 Å². The van der Waals surface area contributed by atoms with E-state index >= 15 is 0 Å². The van der Waals surface area contributed by atoms with Crippen LogP contribution in [0.5, 0.6) is 0 Å². The van der Waals surface area contributed by atoms with Gasteiger partial charge < -0.3 is 4.90 Å². The fourth-order valence-corrected chi connectivity index (χ4v) is 6.39. The van der Waals surface area contributed by atoms with Crippen LogP contribution in [-0.2, 0) is 10.0 Å². The number of amides is 1. The zero-order valence-corrected chi connectivity index (χ0v) is 22.3. The van der Waals surface area contributed by atoms with Crippen LogP contribution in [0.1, 0.15) is 27.5 Å². The predicted octanol–water partition coefficient (Wildman–Crippen LogP) is 5.69. The summed E-state index contributed by atoms with van der Waals surface area (Å²) < 4.78 is 28.6. The highest BCUT2D eigenvalue weighted by molar-refractivity contribution is 7.92. The van der Waals surface area contributed by atoms with Gasteiger partial charge >= 0.3 is 0 Å². The van der Waals surface area contributed by atoms with Crippen molar-refractivity contribution in [1.82, 2.24) is 9.80 Å². The molecule has 5 rings (SSSR count). The number of sulfonamides is 1. The second kappa shape index (κ2) is 11.4. The van der Waals surface area contributed by atoms with E-state index in [0.29, 0.717) is 37.4 Å². The number of para-hydroxylation sites is 1. The predicted molar refractivity (Wildman–Crippen MR) is 151 cm³/mol. The summed E-state index contributed by atoms with van der Waals surface area (Å²) in [5, 5.41) is 0.0587. The lowest BCUT2D eigenvalue weighted by Gasteiger charge is -2.39. The number of rotatable bonds is 7. The van der Waals surface area contributed by atoms with Crippen LogP contribution >= 0.6 is 11.6 Å². The van der Waals surface area contributed by atoms with E-state index in [1.165, 1.54) is 23.3 Å². The lowest BCUT2D eigenvalue weighted by atomic mass is 9.96. The molecule has 4 aromatic rings. The summed E-state index contributed by atoms with van der Waals surface area (Å²) in [4.78, 5) is 17.4. The number of hydrogen-bond acceptors (Lipinski definition) is 4. The minimum absolute atomic E-state index is 0.0587. The van der Waals surface area contributed by atoms with Crippen molar-refractivity contribution in [3.8, 4) is 0 Å². The molecule has 6 nitrogen and oxygen atoms in total. The summed E-state index contributed by atoms with van der Waals surface area (Å²) in [6.07, 6.45) is 0. The fourth-order valence-electron chi connectivity index (χ4n) is 4.81. The van der Waals surface area contributed by atoms with Gasteiger partial charge in [-0.15, -0.1) is 0 Å². The number of hydrogen-bond donors (Lipinski definition) is 1. The molecule has 0 unspecified atom stereocenters. The molecule has 8 heteroatoms. The van der Waals surface area contributed by atoms with Crippen molar-refractivity contribution < 1.29 is 13.2 Å². The van der Waals surface area contributed by atoms with Gasteiger partial charge in [0.15, 0.2) is 0 Å². The molecule has 0 aromatic heterocycles. The molecular formula is C30H28ClN3O3S. The van der Waals surface area contributed by atoms with Gasteiger partial charge in [-0.2, -0.15) is 0 Å². The quantitative estimate of drug-likeness (QED) is 0.324. The molecule has 1 heterocycles. The van der Waals surface area contributed by atoms with Crippen molar-refractivity contribution in [3.63, 3.8) is 0 Å². The molecular weight excluding hydrogens is 518 g/mol. The molecule has 0 radical (unpaired) electrons. The Labute approximate surface area is 228 Å². The van der Waals surface area contributed by atoms with Gasteiger partial charge in [0.05, 0.1) is 11.1 Å². The van der Waals surface area contributed by atoms with Crippen LogP contribution in [0.4, 0.5) is 5.69 Å². The first kappa shape index (κ1) is 26.0. The van der Waals surface area contributed by atoms with E-state index in [9.17, 15) is 13.2 Å². The van der Waals surface area contributed by atoms with Crippen LogP contribution < -0.4 is 4.72 Å². The Balaban J connectivity index is 1.32. The van der Waals surface area contributed by atoms with Crippen molar-refractivity contribution in [2.75, 3.05) is 30.9 Å². The molecule has 194 valence electrons. The minimum atomic E-state index is -3.97. The number of nitrogens with zero attached hydrogens (tertiary/aromatic N) is 2. The Kier molecular flexibility index (Phi) is 7.79. The lowest BCUT2D eigenvalue weighted by Crippen LogP contribution is -2.49. The van der Waals surface area contributed by atoms with Crippen LogP contribution in [0.3, 0.4) is 0 Å². The average Bonchev–Trinajstić information content (AvgIpc) is 2.95. The number of benzene rings is 4. The SMILES string of the molecule is O=C(c1ccc(Cl)c(S(=O)(=O)Nc2ccccc2)c1)N1CCN(C(c2ccccc2)c2ccccc2)CC1. The summed E-state index contributed by atoms with van der Waals surface area (Å²) >= 11 is 6.26. The van der Waals surface area contributed by atoms with Crippen molar-refractivity contribution in [2.45, 2.75) is 10.9 Å². The largest absolute Gasteiger partial charge is 0.336 e. The standard InChI is InChI=1S/C30H28ClN3O3S/c31-27-17-16-25(22-28(27)38(36,37)32-26-14-8-3-9-15-26)30(35)34-20-18-33(19-21-34)29(23-10-4-1-5-11-23)24-12-6-2-7-13-24/h1-17,22,29,32H,18-21H2. The number of carbonyl (C=O) groups excluding carboxylic acids is 1. The monoisotopic (exact) mass is 545 g/mol. The number of halogens is 1. The van der Waals surface area contributed by atoms with Gasteiger partial charge in [0.25, 0.3) is 15.9 Å². The summed E-state index contributed by atoms with van der Waals surface area (Å²) in [7, 11) is -3.97. The normalized spacial score (nSPS) is 14.4. The molecule has 1 aliphatic heterocycles. The molecule has 0 atom stereocenters. The van der Waals surface area contributed by atoms with Crippen LogP contribution in [-0.4, -0.2) is 50.3 Å². The zero-order valence-electron chi connectivity index (χ0n) is 20.7. The third-order valence-corrected chi connectivity index (χ3v) is 8.55. The molecule has 0 aliphatic carbocycles. The first-order valence-corrected chi connectivity index (χ1v) is 14.3. The molecule has 1 N–H and O–H groups in total. The molecule has 1 amide bonds. The molecule has 4 aromatic carbocycles. The lowest BCUT2D eigenvalue weighted by molar-refractivity contribution is 0.0597. The van der Waals surface area contributed by atoms with Gasteiger partial charge in [0.1, 0.15) is 4.90 Å². The van der Waals surface area contributed by atoms with Crippen molar-refractivity contribution in [1.29, 1.82) is 0 Å². The highest BCUT2D eigenvalue weighted by Crippen LogP contribution is 2.30. The third kappa shape index (κ3) is 5.75. The van der Waals surface area contributed by atoms with Crippen molar-refractivity contribution in [2.24, 2.45) is 0 Å². The summed E-state index contributed by atoms with van der Waals surface area (Å²) in [6, 6.07) is 33.8. The smallest absolute Gasteiger partial charge is 0.263 e. The summed E-state index contributed by atoms with van der Waals surface area (Å²) in [6.45, 7) is 2.44. The second-order valence-electron chi connectivity index (χ2n) is 9.17. The summed E-state index contributed by atoms with van der Waals surface area (Å²) in [5.41, 5.74) is 3.12.